The predicted octanol–water partition coefficient (Wildman–Crippen LogP) is 10.8. The van der Waals surface area contributed by atoms with Crippen molar-refractivity contribution in [2.75, 3.05) is 10.4 Å². The molecule has 0 saturated carbocycles. The summed E-state index contributed by atoms with van der Waals surface area (Å²) < 4.78 is 13.9. The van der Waals surface area contributed by atoms with Crippen molar-refractivity contribution >= 4 is 25.6 Å². The lowest BCUT2D eigenvalue weighted by molar-refractivity contribution is 0.207. The molecule has 0 radical (unpaired) electrons. The van der Waals surface area contributed by atoms with Crippen molar-refractivity contribution in [2.45, 2.75) is 74.3 Å². The summed E-state index contributed by atoms with van der Waals surface area (Å²) in [7, 11) is -1.49. The molecule has 2 aromatic carbocycles. The summed E-state index contributed by atoms with van der Waals surface area (Å²) in [6, 6.07) is 18.6. The number of hydrogen-bond donors (Lipinski definition) is 2. The first-order valence-corrected chi connectivity index (χ1v) is 15.5. The van der Waals surface area contributed by atoms with Crippen LogP contribution >= 0.6 is 8.53 Å². The summed E-state index contributed by atoms with van der Waals surface area (Å²) in [4.78, 5) is 0. The predicted molar refractivity (Wildman–Crippen MR) is 170 cm³/mol. The number of anilines is 3. The number of allylic oxidation sites excluding steroid dienone is 7. The highest BCUT2D eigenvalue weighted by atomic mass is 31.2. The molecule has 2 N–H and O–H groups in total. The quantitative estimate of drug-likeness (QED) is 0.369. The van der Waals surface area contributed by atoms with E-state index in [-0.39, 0.29) is 16.9 Å². The molecule has 0 aromatic heterocycles. The van der Waals surface area contributed by atoms with Gasteiger partial charge in [-0.05, 0) is 85.2 Å². The van der Waals surface area contributed by atoms with Gasteiger partial charge in [0.15, 0.2) is 0 Å². The molecule has 0 spiro atoms. The Kier molecular flexibility index (Phi) is 7.88. The maximum atomic E-state index is 7.00. The van der Waals surface area contributed by atoms with Gasteiger partial charge in [0, 0.05) is 28.1 Å². The Morgan fingerprint density at radius 1 is 0.750 bits per heavy atom. The van der Waals surface area contributed by atoms with E-state index in [0.717, 1.165) is 35.7 Å². The van der Waals surface area contributed by atoms with Crippen LogP contribution in [0.4, 0.5) is 17.1 Å². The summed E-state index contributed by atoms with van der Waals surface area (Å²) in [5.41, 5.74) is 10.7. The van der Waals surface area contributed by atoms with Gasteiger partial charge in [-0.2, -0.15) is 0 Å². The van der Waals surface area contributed by atoms with Crippen LogP contribution in [0.3, 0.4) is 0 Å². The minimum Gasteiger partial charge on any atom is -0.435 e. The molecule has 1 heterocycles. The molecule has 0 fully saturated rings. The van der Waals surface area contributed by atoms with Crippen LogP contribution in [0, 0.1) is 10.8 Å². The molecule has 0 bridgehead atoms. The van der Waals surface area contributed by atoms with Crippen LogP contribution in [0.15, 0.2) is 112 Å². The zero-order valence-corrected chi connectivity index (χ0v) is 26.1. The van der Waals surface area contributed by atoms with Crippen LogP contribution < -0.4 is 10.4 Å². The zero-order chi connectivity index (χ0) is 28.7. The second-order valence-electron chi connectivity index (χ2n) is 13.2. The summed E-state index contributed by atoms with van der Waals surface area (Å²) in [5, 5.41) is 7.09. The summed E-state index contributed by atoms with van der Waals surface area (Å²) in [6.07, 6.45) is 8.89. The smallest absolute Gasteiger partial charge is 0.350 e. The molecule has 2 aliphatic carbocycles. The van der Waals surface area contributed by atoms with Gasteiger partial charge in [0.25, 0.3) is 0 Å². The van der Waals surface area contributed by atoms with Gasteiger partial charge < -0.3 is 14.9 Å². The van der Waals surface area contributed by atoms with Gasteiger partial charge in [-0.25, -0.2) is 0 Å². The first-order chi connectivity index (χ1) is 18.9. The van der Waals surface area contributed by atoms with Gasteiger partial charge in [-0.3, -0.25) is 4.52 Å². The third-order valence-corrected chi connectivity index (χ3v) is 8.69. The number of rotatable bonds is 4. The third-order valence-electron chi connectivity index (χ3n) is 7.50. The summed E-state index contributed by atoms with van der Waals surface area (Å²) in [6.45, 7) is 18.0. The zero-order valence-electron chi connectivity index (χ0n) is 25.2. The van der Waals surface area contributed by atoms with Crippen molar-refractivity contribution in [3.8, 4) is 0 Å². The Labute approximate surface area is 241 Å². The van der Waals surface area contributed by atoms with E-state index in [1.54, 1.807) is 0 Å². The minimum absolute atomic E-state index is 0.0475. The fourth-order valence-corrected chi connectivity index (χ4v) is 6.90. The van der Waals surface area contributed by atoms with E-state index in [9.17, 15) is 0 Å². The molecule has 3 aliphatic rings. The molecule has 2 unspecified atom stereocenters. The van der Waals surface area contributed by atoms with E-state index in [0.29, 0.717) is 0 Å². The summed E-state index contributed by atoms with van der Waals surface area (Å²) in [5.74, 6) is 0.992. The van der Waals surface area contributed by atoms with Gasteiger partial charge in [-0.15, -0.1) is 0 Å². The highest BCUT2D eigenvalue weighted by Gasteiger charge is 2.40. The standard InChI is InChI=1S/C35H43N2O2P/c1-23-14-19-28-29-21-24(2)22-31(34(3,4)5)32(29)38-40(39-33(30(28)20-23)35(6,7)8)37-27-17-15-26(16-18-27)36-25-12-10-9-11-13-25/h9-13,15-18,20-22,32,36-37H,14,19H2,1-8H3/b29-28-,33-30?. The van der Waals surface area contributed by atoms with Gasteiger partial charge in [0.05, 0.1) is 0 Å². The fraction of sp³-hybridized carbons (Fsp3) is 0.371. The topological polar surface area (TPSA) is 42.5 Å². The lowest BCUT2D eigenvalue weighted by Gasteiger charge is -2.41. The van der Waals surface area contributed by atoms with Gasteiger partial charge in [-0.1, -0.05) is 89.1 Å². The van der Waals surface area contributed by atoms with E-state index < -0.39 is 8.53 Å². The monoisotopic (exact) mass is 554 g/mol. The molecule has 4 nitrogen and oxygen atoms in total. The highest BCUT2D eigenvalue weighted by molar-refractivity contribution is 7.49. The molecular formula is C35H43N2O2P. The second-order valence-corrected chi connectivity index (χ2v) is 14.3. The van der Waals surface area contributed by atoms with E-state index >= 15 is 0 Å². The Hall–Kier alpha value is -3.07. The number of hydrogen-bond acceptors (Lipinski definition) is 4. The van der Waals surface area contributed by atoms with Crippen molar-refractivity contribution in [1.82, 2.24) is 0 Å². The molecule has 210 valence electrons. The average Bonchev–Trinajstić information content (AvgIpc) is 2.87. The average molecular weight is 555 g/mol. The Morgan fingerprint density at radius 2 is 1.40 bits per heavy atom. The van der Waals surface area contributed by atoms with Gasteiger partial charge >= 0.3 is 8.53 Å². The molecule has 5 rings (SSSR count). The van der Waals surface area contributed by atoms with E-state index in [1.165, 1.54) is 33.4 Å². The largest absolute Gasteiger partial charge is 0.435 e. The Bertz CT molecular complexity index is 1410. The Balaban J connectivity index is 1.55. The first kappa shape index (κ1) is 28.5. The molecule has 1 aliphatic heterocycles. The van der Waals surface area contributed by atoms with Gasteiger partial charge in [0.1, 0.15) is 11.9 Å². The number of para-hydroxylation sites is 1. The van der Waals surface area contributed by atoms with Crippen molar-refractivity contribution in [2.24, 2.45) is 10.8 Å². The third kappa shape index (κ3) is 6.29. The maximum absolute atomic E-state index is 7.00. The molecule has 2 aromatic rings. The van der Waals surface area contributed by atoms with Crippen molar-refractivity contribution < 1.29 is 9.05 Å². The minimum atomic E-state index is -1.49. The SMILES string of the molecule is CC1=C/C2=C3\CCC(C)=CC3=C(C(C)(C)C)OP(Nc3ccc(Nc4ccccc4)cc3)OC2C(C(C)(C)C)=C1. The lowest BCUT2D eigenvalue weighted by Crippen LogP contribution is -2.31. The van der Waals surface area contributed by atoms with Crippen LogP contribution in [0.1, 0.15) is 68.2 Å². The fourth-order valence-electron chi connectivity index (χ4n) is 5.45. The number of benzene rings is 2. The van der Waals surface area contributed by atoms with Crippen molar-refractivity contribution in [1.29, 1.82) is 0 Å². The van der Waals surface area contributed by atoms with E-state index in [1.807, 2.05) is 18.2 Å². The first-order valence-electron chi connectivity index (χ1n) is 14.3. The van der Waals surface area contributed by atoms with Crippen LogP contribution in [-0.2, 0) is 9.05 Å². The van der Waals surface area contributed by atoms with Crippen LogP contribution in [0.2, 0.25) is 0 Å². The van der Waals surface area contributed by atoms with Crippen LogP contribution in [-0.4, -0.2) is 6.10 Å². The van der Waals surface area contributed by atoms with Gasteiger partial charge in [0.2, 0.25) is 0 Å². The van der Waals surface area contributed by atoms with E-state index in [2.05, 4.69) is 120 Å². The Morgan fingerprint density at radius 3 is 2.05 bits per heavy atom. The van der Waals surface area contributed by atoms with Crippen LogP contribution in [0.5, 0.6) is 0 Å². The summed E-state index contributed by atoms with van der Waals surface area (Å²) >= 11 is 0. The van der Waals surface area contributed by atoms with E-state index in [4.69, 9.17) is 9.05 Å². The molecule has 0 amide bonds. The molecule has 5 heteroatoms. The molecule has 2 atom stereocenters. The molecule has 40 heavy (non-hydrogen) atoms. The van der Waals surface area contributed by atoms with Crippen LogP contribution in [0.25, 0.3) is 0 Å². The van der Waals surface area contributed by atoms with Crippen molar-refractivity contribution in [3.63, 3.8) is 0 Å². The second kappa shape index (κ2) is 11.1. The lowest BCUT2D eigenvalue weighted by atomic mass is 9.73. The highest BCUT2D eigenvalue weighted by Crippen LogP contribution is 2.55. The normalized spacial score (nSPS) is 23.4. The number of nitrogens with one attached hydrogen (secondary N) is 2. The molecule has 0 saturated heterocycles. The van der Waals surface area contributed by atoms with Crippen molar-refractivity contribution in [3.05, 3.63) is 112 Å². The number of fused-ring (bicyclic) bond motifs is 2. The molecular weight excluding hydrogens is 511 g/mol. The maximum Gasteiger partial charge on any atom is 0.350 e.